The second kappa shape index (κ2) is 4.37. The van der Waals surface area contributed by atoms with E-state index < -0.39 is 0 Å². The molecule has 4 heteroatoms. The van der Waals surface area contributed by atoms with Crippen molar-refractivity contribution in [2.24, 2.45) is 4.99 Å². The fraction of sp³-hybridized carbons (Fsp3) is 0.357. The monoisotopic (exact) mass is 241 g/mol. The third-order valence-corrected chi connectivity index (χ3v) is 3.15. The van der Waals surface area contributed by atoms with Crippen LogP contribution in [-0.4, -0.2) is 15.9 Å². The van der Waals surface area contributed by atoms with Gasteiger partial charge >= 0.3 is 0 Å². The van der Waals surface area contributed by atoms with Crippen LogP contribution < -0.4 is 0 Å². The Labute approximate surface area is 106 Å². The lowest BCUT2D eigenvalue weighted by atomic mass is 10.0. The summed E-state index contributed by atoms with van der Waals surface area (Å²) in [5, 5.41) is 7.90. The predicted octanol–water partition coefficient (Wildman–Crippen LogP) is 3.47. The fourth-order valence-corrected chi connectivity index (χ4v) is 2.22. The standard InChI is InChI=1S/C14H15N3O/c1-9-4-3-5-11-6-7-12(8-13(11)15-9)14-17-16-10(2)18-14/h6-8H,3-5H2,1-2H3. The van der Waals surface area contributed by atoms with E-state index in [1.165, 1.54) is 17.7 Å². The zero-order chi connectivity index (χ0) is 12.5. The maximum absolute atomic E-state index is 5.45. The summed E-state index contributed by atoms with van der Waals surface area (Å²) in [6.45, 7) is 3.88. The summed E-state index contributed by atoms with van der Waals surface area (Å²) in [6, 6.07) is 6.19. The van der Waals surface area contributed by atoms with Crippen molar-refractivity contribution in [2.45, 2.75) is 33.1 Å². The first kappa shape index (κ1) is 11.1. The molecule has 0 bridgehead atoms. The highest BCUT2D eigenvalue weighted by molar-refractivity contribution is 5.86. The van der Waals surface area contributed by atoms with Gasteiger partial charge in [-0.25, -0.2) is 0 Å². The molecule has 3 rings (SSSR count). The lowest BCUT2D eigenvalue weighted by molar-refractivity contribution is 0.533. The van der Waals surface area contributed by atoms with Crippen LogP contribution in [0.25, 0.3) is 11.5 Å². The van der Waals surface area contributed by atoms with Crippen LogP contribution in [0.3, 0.4) is 0 Å². The molecule has 18 heavy (non-hydrogen) atoms. The molecule has 0 radical (unpaired) electrons. The number of aryl methyl sites for hydroxylation is 2. The number of nitrogens with zero attached hydrogens (tertiary/aromatic N) is 3. The molecule has 2 aromatic rings. The summed E-state index contributed by atoms with van der Waals surface area (Å²) < 4.78 is 5.45. The molecule has 0 atom stereocenters. The first-order valence-corrected chi connectivity index (χ1v) is 6.20. The number of aliphatic imine (C=N–C) groups is 1. The van der Waals surface area contributed by atoms with Crippen LogP contribution in [0.1, 0.15) is 31.2 Å². The number of hydrogen-bond acceptors (Lipinski definition) is 4. The van der Waals surface area contributed by atoms with Crippen LogP contribution in [0.4, 0.5) is 5.69 Å². The Kier molecular flexibility index (Phi) is 2.70. The van der Waals surface area contributed by atoms with E-state index in [1.807, 2.05) is 12.1 Å². The lowest BCUT2D eigenvalue weighted by Gasteiger charge is -2.04. The van der Waals surface area contributed by atoms with Gasteiger partial charge in [0.25, 0.3) is 0 Å². The summed E-state index contributed by atoms with van der Waals surface area (Å²) in [4.78, 5) is 4.66. The molecule has 0 aliphatic carbocycles. The van der Waals surface area contributed by atoms with Crippen molar-refractivity contribution in [3.8, 4) is 11.5 Å². The highest BCUT2D eigenvalue weighted by Crippen LogP contribution is 2.30. The molecule has 0 N–H and O–H groups in total. The Hall–Kier alpha value is -1.97. The molecule has 1 aliphatic rings. The first-order chi connectivity index (χ1) is 8.72. The van der Waals surface area contributed by atoms with Gasteiger partial charge in [-0.2, -0.15) is 0 Å². The Balaban J connectivity index is 2.07. The Morgan fingerprint density at radius 3 is 2.78 bits per heavy atom. The number of fused-ring (bicyclic) bond motifs is 1. The molecule has 0 amide bonds. The fourth-order valence-electron chi connectivity index (χ4n) is 2.22. The molecule has 0 fully saturated rings. The van der Waals surface area contributed by atoms with E-state index in [1.54, 1.807) is 6.92 Å². The zero-order valence-corrected chi connectivity index (χ0v) is 10.6. The zero-order valence-electron chi connectivity index (χ0n) is 10.6. The van der Waals surface area contributed by atoms with Crippen LogP contribution in [0.5, 0.6) is 0 Å². The first-order valence-electron chi connectivity index (χ1n) is 6.20. The van der Waals surface area contributed by atoms with E-state index in [9.17, 15) is 0 Å². The third-order valence-electron chi connectivity index (χ3n) is 3.15. The second-order valence-electron chi connectivity index (χ2n) is 4.67. The maximum Gasteiger partial charge on any atom is 0.247 e. The van der Waals surface area contributed by atoms with Crippen LogP contribution in [0.15, 0.2) is 27.6 Å². The highest BCUT2D eigenvalue weighted by atomic mass is 16.4. The van der Waals surface area contributed by atoms with E-state index in [0.29, 0.717) is 11.8 Å². The summed E-state index contributed by atoms with van der Waals surface area (Å²) in [5.41, 5.74) is 4.46. The van der Waals surface area contributed by atoms with Gasteiger partial charge in [-0.15, -0.1) is 10.2 Å². The van der Waals surface area contributed by atoms with E-state index in [2.05, 4.69) is 28.2 Å². The number of aromatic nitrogens is 2. The second-order valence-corrected chi connectivity index (χ2v) is 4.67. The minimum atomic E-state index is 0.562. The van der Waals surface area contributed by atoms with Gasteiger partial charge in [0, 0.05) is 18.2 Å². The molecule has 2 heterocycles. The van der Waals surface area contributed by atoms with Crippen molar-refractivity contribution >= 4 is 11.4 Å². The molecule has 1 aromatic heterocycles. The molecule has 4 nitrogen and oxygen atoms in total. The van der Waals surface area contributed by atoms with Crippen molar-refractivity contribution in [3.05, 3.63) is 29.7 Å². The van der Waals surface area contributed by atoms with Crippen molar-refractivity contribution in [1.29, 1.82) is 0 Å². The average molecular weight is 241 g/mol. The SMILES string of the molecule is CC1=Nc2cc(-c3nnc(C)o3)ccc2CCC1. The molecule has 1 aliphatic heterocycles. The number of rotatable bonds is 1. The Morgan fingerprint density at radius 2 is 2.00 bits per heavy atom. The van der Waals surface area contributed by atoms with Gasteiger partial charge in [-0.05, 0) is 43.9 Å². The van der Waals surface area contributed by atoms with Crippen LogP contribution in [0.2, 0.25) is 0 Å². The number of hydrogen-bond donors (Lipinski definition) is 0. The van der Waals surface area contributed by atoms with E-state index in [4.69, 9.17) is 4.42 Å². The minimum Gasteiger partial charge on any atom is -0.421 e. The van der Waals surface area contributed by atoms with E-state index in [0.717, 1.165) is 24.1 Å². The smallest absolute Gasteiger partial charge is 0.247 e. The number of benzene rings is 1. The van der Waals surface area contributed by atoms with Gasteiger partial charge in [-0.3, -0.25) is 4.99 Å². The minimum absolute atomic E-state index is 0.562. The maximum atomic E-state index is 5.45. The Morgan fingerprint density at radius 1 is 1.11 bits per heavy atom. The van der Waals surface area contributed by atoms with Gasteiger partial charge in [-0.1, -0.05) is 6.07 Å². The average Bonchev–Trinajstić information content (AvgIpc) is 2.69. The topological polar surface area (TPSA) is 51.3 Å². The molecular formula is C14H15N3O. The molecule has 0 spiro atoms. The van der Waals surface area contributed by atoms with Gasteiger partial charge in [0.05, 0.1) is 5.69 Å². The van der Waals surface area contributed by atoms with E-state index in [-0.39, 0.29) is 0 Å². The normalized spacial score (nSPS) is 14.9. The summed E-state index contributed by atoms with van der Waals surface area (Å²) in [6.07, 6.45) is 3.32. The quantitative estimate of drug-likeness (QED) is 0.768. The van der Waals surface area contributed by atoms with Crippen molar-refractivity contribution in [1.82, 2.24) is 10.2 Å². The van der Waals surface area contributed by atoms with Gasteiger partial charge in [0.1, 0.15) is 0 Å². The predicted molar refractivity (Wildman–Crippen MR) is 70.2 cm³/mol. The van der Waals surface area contributed by atoms with Gasteiger partial charge < -0.3 is 4.42 Å². The summed E-state index contributed by atoms with van der Waals surface area (Å²) in [5.74, 6) is 1.15. The largest absolute Gasteiger partial charge is 0.421 e. The van der Waals surface area contributed by atoms with Crippen molar-refractivity contribution in [3.63, 3.8) is 0 Å². The van der Waals surface area contributed by atoms with Crippen molar-refractivity contribution in [2.75, 3.05) is 0 Å². The molecule has 92 valence electrons. The van der Waals surface area contributed by atoms with Crippen LogP contribution in [-0.2, 0) is 6.42 Å². The summed E-state index contributed by atoms with van der Waals surface area (Å²) >= 11 is 0. The van der Waals surface area contributed by atoms with Crippen molar-refractivity contribution < 1.29 is 4.42 Å². The van der Waals surface area contributed by atoms with Gasteiger partial charge in [0.15, 0.2) is 0 Å². The van der Waals surface area contributed by atoms with Crippen LogP contribution in [0, 0.1) is 6.92 Å². The highest BCUT2D eigenvalue weighted by Gasteiger charge is 2.12. The molecular weight excluding hydrogens is 226 g/mol. The molecule has 1 aromatic carbocycles. The molecule has 0 saturated carbocycles. The lowest BCUT2D eigenvalue weighted by Crippen LogP contribution is -1.87. The molecule has 0 saturated heterocycles. The van der Waals surface area contributed by atoms with E-state index >= 15 is 0 Å². The summed E-state index contributed by atoms with van der Waals surface area (Å²) in [7, 11) is 0. The Bertz CT molecular complexity index is 613. The molecule has 0 unspecified atom stereocenters. The van der Waals surface area contributed by atoms with Crippen LogP contribution >= 0.6 is 0 Å². The van der Waals surface area contributed by atoms with Gasteiger partial charge in [0.2, 0.25) is 11.8 Å². The third kappa shape index (κ3) is 2.06.